The van der Waals surface area contributed by atoms with Crippen LogP contribution >= 0.6 is 0 Å². The fourth-order valence-electron chi connectivity index (χ4n) is 2.11. The molecule has 1 N–H and O–H groups in total. The summed E-state index contributed by atoms with van der Waals surface area (Å²) in [6.07, 6.45) is 0.975. The predicted molar refractivity (Wildman–Crippen MR) is 86.0 cm³/mol. The molecule has 0 radical (unpaired) electrons. The van der Waals surface area contributed by atoms with E-state index in [-0.39, 0.29) is 0 Å². The van der Waals surface area contributed by atoms with Gasteiger partial charge in [-0.25, -0.2) is 0 Å². The molecule has 0 unspecified atom stereocenters. The van der Waals surface area contributed by atoms with Crippen LogP contribution in [-0.2, 0) is 0 Å². The molecular formula is C18H23NO2. The van der Waals surface area contributed by atoms with E-state index in [1.54, 1.807) is 7.11 Å². The molecule has 0 heterocycles. The standard InChI is InChI=1S/C18H23NO2/c1-15(16-7-4-3-5-8-16)19-13-6-14-21-18-11-9-17(20-2)10-12-18/h3-5,7-12,15,19H,6,13-14H2,1-2H3/t15-/m1/s1. The van der Waals surface area contributed by atoms with Crippen LogP contribution in [0.15, 0.2) is 54.6 Å². The van der Waals surface area contributed by atoms with E-state index in [2.05, 4.69) is 36.5 Å². The molecule has 0 aromatic heterocycles. The molecule has 0 bridgehead atoms. The van der Waals surface area contributed by atoms with Crippen molar-refractivity contribution >= 4 is 0 Å². The second-order valence-electron chi connectivity index (χ2n) is 4.96. The number of hydrogen-bond acceptors (Lipinski definition) is 3. The molecule has 0 spiro atoms. The average Bonchev–Trinajstić information content (AvgIpc) is 2.55. The van der Waals surface area contributed by atoms with Gasteiger partial charge >= 0.3 is 0 Å². The van der Waals surface area contributed by atoms with Crippen molar-refractivity contribution in [3.05, 3.63) is 60.2 Å². The third-order valence-corrected chi connectivity index (χ3v) is 3.40. The van der Waals surface area contributed by atoms with Crippen LogP contribution in [0.4, 0.5) is 0 Å². The monoisotopic (exact) mass is 285 g/mol. The molecule has 3 nitrogen and oxygen atoms in total. The maximum atomic E-state index is 5.70. The Kier molecular flexibility index (Phi) is 6.10. The van der Waals surface area contributed by atoms with Gasteiger partial charge in [0, 0.05) is 6.04 Å². The largest absolute Gasteiger partial charge is 0.497 e. The lowest BCUT2D eigenvalue weighted by molar-refractivity contribution is 0.305. The van der Waals surface area contributed by atoms with Crippen LogP contribution in [0.25, 0.3) is 0 Å². The summed E-state index contributed by atoms with van der Waals surface area (Å²) in [4.78, 5) is 0. The van der Waals surface area contributed by atoms with Crippen molar-refractivity contribution in [1.29, 1.82) is 0 Å². The van der Waals surface area contributed by atoms with Crippen molar-refractivity contribution in [2.45, 2.75) is 19.4 Å². The van der Waals surface area contributed by atoms with Gasteiger partial charge in [0.1, 0.15) is 11.5 Å². The zero-order valence-electron chi connectivity index (χ0n) is 12.7. The maximum absolute atomic E-state index is 5.70. The highest BCUT2D eigenvalue weighted by atomic mass is 16.5. The number of nitrogens with one attached hydrogen (secondary N) is 1. The Bertz CT molecular complexity index is 511. The molecule has 112 valence electrons. The van der Waals surface area contributed by atoms with Gasteiger partial charge in [0.05, 0.1) is 13.7 Å². The first kappa shape index (κ1) is 15.4. The van der Waals surface area contributed by atoms with Gasteiger partial charge in [0.2, 0.25) is 0 Å². The van der Waals surface area contributed by atoms with Crippen molar-refractivity contribution in [1.82, 2.24) is 5.32 Å². The Labute approximate surface area is 126 Å². The van der Waals surface area contributed by atoms with Gasteiger partial charge in [-0.15, -0.1) is 0 Å². The Morgan fingerprint density at radius 3 is 2.29 bits per heavy atom. The van der Waals surface area contributed by atoms with Gasteiger partial charge in [-0.2, -0.15) is 0 Å². The van der Waals surface area contributed by atoms with E-state index in [1.807, 2.05) is 30.3 Å². The molecule has 2 rings (SSSR count). The second-order valence-corrected chi connectivity index (χ2v) is 4.96. The molecule has 0 aliphatic heterocycles. The molecular weight excluding hydrogens is 262 g/mol. The molecule has 0 saturated heterocycles. The third-order valence-electron chi connectivity index (χ3n) is 3.40. The van der Waals surface area contributed by atoms with Gasteiger partial charge in [0.25, 0.3) is 0 Å². The van der Waals surface area contributed by atoms with Crippen LogP contribution in [0.5, 0.6) is 11.5 Å². The Morgan fingerprint density at radius 1 is 0.952 bits per heavy atom. The molecule has 0 saturated carbocycles. The number of ether oxygens (including phenoxy) is 2. The molecule has 1 atom stereocenters. The summed E-state index contributed by atoms with van der Waals surface area (Å²) in [7, 11) is 1.66. The topological polar surface area (TPSA) is 30.5 Å². The fourth-order valence-corrected chi connectivity index (χ4v) is 2.11. The summed E-state index contributed by atoms with van der Waals surface area (Å²) in [5, 5.41) is 3.50. The lowest BCUT2D eigenvalue weighted by Gasteiger charge is -2.14. The van der Waals surface area contributed by atoms with Crippen LogP contribution in [0.1, 0.15) is 24.9 Å². The molecule has 0 aliphatic rings. The third kappa shape index (κ3) is 5.12. The summed E-state index contributed by atoms with van der Waals surface area (Å²) in [5.74, 6) is 1.73. The molecule has 2 aromatic rings. The highest BCUT2D eigenvalue weighted by Gasteiger charge is 2.02. The van der Waals surface area contributed by atoms with Gasteiger partial charge in [-0.05, 0) is 49.7 Å². The van der Waals surface area contributed by atoms with E-state index < -0.39 is 0 Å². The minimum atomic E-state index is 0.368. The smallest absolute Gasteiger partial charge is 0.119 e. The quantitative estimate of drug-likeness (QED) is 0.748. The number of methoxy groups -OCH3 is 1. The van der Waals surface area contributed by atoms with Gasteiger partial charge in [-0.1, -0.05) is 30.3 Å². The van der Waals surface area contributed by atoms with Crippen molar-refractivity contribution in [3.8, 4) is 11.5 Å². The normalized spacial score (nSPS) is 11.9. The first-order valence-corrected chi connectivity index (χ1v) is 7.35. The predicted octanol–water partition coefficient (Wildman–Crippen LogP) is 3.81. The van der Waals surface area contributed by atoms with Crippen LogP contribution in [0.2, 0.25) is 0 Å². The van der Waals surface area contributed by atoms with Gasteiger partial charge in [-0.3, -0.25) is 0 Å². The van der Waals surface area contributed by atoms with Crippen LogP contribution in [0.3, 0.4) is 0 Å². The van der Waals surface area contributed by atoms with E-state index in [4.69, 9.17) is 9.47 Å². The molecule has 0 amide bonds. The summed E-state index contributed by atoms with van der Waals surface area (Å²) >= 11 is 0. The Balaban J connectivity index is 1.63. The second kappa shape index (κ2) is 8.32. The van der Waals surface area contributed by atoms with E-state index >= 15 is 0 Å². The van der Waals surface area contributed by atoms with E-state index in [1.165, 1.54) is 5.56 Å². The summed E-state index contributed by atoms with van der Waals surface area (Å²) in [5.41, 5.74) is 1.31. The van der Waals surface area contributed by atoms with Crippen LogP contribution in [-0.4, -0.2) is 20.3 Å². The van der Waals surface area contributed by atoms with Crippen molar-refractivity contribution in [2.24, 2.45) is 0 Å². The maximum Gasteiger partial charge on any atom is 0.119 e. The zero-order valence-corrected chi connectivity index (χ0v) is 12.7. The van der Waals surface area contributed by atoms with Gasteiger partial charge < -0.3 is 14.8 Å². The van der Waals surface area contributed by atoms with Gasteiger partial charge in [0.15, 0.2) is 0 Å². The number of rotatable bonds is 8. The van der Waals surface area contributed by atoms with Crippen molar-refractivity contribution in [2.75, 3.05) is 20.3 Å². The summed E-state index contributed by atoms with van der Waals surface area (Å²) < 4.78 is 10.8. The molecule has 0 fully saturated rings. The lowest BCUT2D eigenvalue weighted by Crippen LogP contribution is -2.21. The molecule has 21 heavy (non-hydrogen) atoms. The van der Waals surface area contributed by atoms with E-state index in [0.29, 0.717) is 12.6 Å². The minimum Gasteiger partial charge on any atom is -0.497 e. The van der Waals surface area contributed by atoms with Crippen molar-refractivity contribution < 1.29 is 9.47 Å². The molecule has 3 heteroatoms. The van der Waals surface area contributed by atoms with Crippen LogP contribution < -0.4 is 14.8 Å². The Morgan fingerprint density at radius 2 is 1.62 bits per heavy atom. The number of hydrogen-bond donors (Lipinski definition) is 1. The lowest BCUT2D eigenvalue weighted by atomic mass is 10.1. The first-order chi connectivity index (χ1) is 10.3. The molecule has 2 aromatic carbocycles. The SMILES string of the molecule is COc1ccc(OCCCN[C@H](C)c2ccccc2)cc1. The average molecular weight is 285 g/mol. The summed E-state index contributed by atoms with van der Waals surface area (Å²) in [6, 6.07) is 18.5. The fraction of sp³-hybridized carbons (Fsp3) is 0.333. The summed E-state index contributed by atoms with van der Waals surface area (Å²) in [6.45, 7) is 3.83. The minimum absolute atomic E-state index is 0.368. The zero-order chi connectivity index (χ0) is 14.9. The Hall–Kier alpha value is -2.00. The highest BCUT2D eigenvalue weighted by molar-refractivity contribution is 5.31. The first-order valence-electron chi connectivity index (χ1n) is 7.35. The highest BCUT2D eigenvalue weighted by Crippen LogP contribution is 2.17. The molecule has 0 aliphatic carbocycles. The van der Waals surface area contributed by atoms with E-state index in [9.17, 15) is 0 Å². The van der Waals surface area contributed by atoms with Crippen LogP contribution in [0, 0.1) is 0 Å². The number of benzene rings is 2. The van der Waals surface area contributed by atoms with Crippen molar-refractivity contribution in [3.63, 3.8) is 0 Å². The van der Waals surface area contributed by atoms with E-state index in [0.717, 1.165) is 24.5 Å².